The molecule has 120 valence electrons. The molecular formula is C13H27Cl2N3O2. The number of nitrogens with zero attached hydrogens (tertiary/aromatic N) is 2. The van der Waals surface area contributed by atoms with Crippen LogP contribution in [0, 0.1) is 0 Å². The Hall–Kier alpha value is -0.0700. The monoisotopic (exact) mass is 327 g/mol. The van der Waals surface area contributed by atoms with Gasteiger partial charge in [0.15, 0.2) is 0 Å². The molecule has 0 radical (unpaired) electrons. The van der Waals surface area contributed by atoms with E-state index in [4.69, 9.17) is 10.5 Å². The van der Waals surface area contributed by atoms with E-state index in [0.717, 1.165) is 26.2 Å². The third-order valence-electron chi connectivity index (χ3n) is 4.14. The Balaban J connectivity index is 0.00000180. The number of piperazine rings is 1. The number of rotatable bonds is 2. The van der Waals surface area contributed by atoms with Gasteiger partial charge in [-0.1, -0.05) is 0 Å². The molecule has 7 heteroatoms. The summed E-state index contributed by atoms with van der Waals surface area (Å²) in [7, 11) is 0. The third kappa shape index (κ3) is 4.46. The second-order valence-corrected chi connectivity index (χ2v) is 5.69. The number of hydrogen-bond donors (Lipinski definition) is 1. The van der Waals surface area contributed by atoms with Crippen LogP contribution in [0.4, 0.5) is 0 Å². The fourth-order valence-electron chi connectivity index (χ4n) is 2.71. The Kier molecular flexibility index (Phi) is 8.36. The Labute approximate surface area is 134 Å². The normalized spacial score (nSPS) is 22.9. The van der Waals surface area contributed by atoms with Gasteiger partial charge < -0.3 is 15.4 Å². The first kappa shape index (κ1) is 19.9. The van der Waals surface area contributed by atoms with Crippen molar-refractivity contribution in [3.05, 3.63) is 0 Å². The van der Waals surface area contributed by atoms with E-state index in [1.807, 2.05) is 4.90 Å². The Morgan fingerprint density at radius 3 is 2.05 bits per heavy atom. The van der Waals surface area contributed by atoms with Crippen LogP contribution in [0.5, 0.6) is 0 Å². The number of nitrogens with two attached hydrogens (primary N) is 1. The van der Waals surface area contributed by atoms with Gasteiger partial charge in [0.25, 0.3) is 0 Å². The average molecular weight is 328 g/mol. The zero-order valence-electron chi connectivity index (χ0n) is 12.3. The van der Waals surface area contributed by atoms with Crippen LogP contribution in [0.15, 0.2) is 0 Å². The number of ether oxygens (including phenoxy) is 1. The van der Waals surface area contributed by atoms with E-state index in [1.165, 1.54) is 0 Å². The topological polar surface area (TPSA) is 58.8 Å². The van der Waals surface area contributed by atoms with Crippen molar-refractivity contribution >= 4 is 30.7 Å². The predicted octanol–water partition coefficient (Wildman–Crippen LogP) is 0.891. The lowest BCUT2D eigenvalue weighted by molar-refractivity contribution is -0.142. The fourth-order valence-corrected chi connectivity index (χ4v) is 2.71. The second kappa shape index (κ2) is 8.39. The summed E-state index contributed by atoms with van der Waals surface area (Å²) in [6.45, 7) is 9.11. The van der Waals surface area contributed by atoms with Gasteiger partial charge in [-0.2, -0.15) is 0 Å². The van der Waals surface area contributed by atoms with E-state index < -0.39 is 5.54 Å². The smallest absolute Gasteiger partial charge is 0.242 e. The standard InChI is InChI=1S/C13H25N3O2.2ClH/c1-11(2)15-5-7-16(8-6-15)12(17)13(14)3-9-18-10-4-13;;/h11H,3-10,14H2,1-2H3;2*1H. The number of hydrogen-bond acceptors (Lipinski definition) is 4. The molecule has 0 spiro atoms. The van der Waals surface area contributed by atoms with E-state index in [2.05, 4.69) is 18.7 Å². The molecule has 5 nitrogen and oxygen atoms in total. The molecular weight excluding hydrogens is 301 g/mol. The molecule has 0 unspecified atom stereocenters. The molecule has 2 aliphatic rings. The Morgan fingerprint density at radius 2 is 1.60 bits per heavy atom. The van der Waals surface area contributed by atoms with Crippen LogP contribution in [0.3, 0.4) is 0 Å². The van der Waals surface area contributed by atoms with Crippen molar-refractivity contribution in [2.45, 2.75) is 38.3 Å². The van der Waals surface area contributed by atoms with Gasteiger partial charge in [0.1, 0.15) is 0 Å². The molecule has 0 saturated carbocycles. The largest absolute Gasteiger partial charge is 0.381 e. The summed E-state index contributed by atoms with van der Waals surface area (Å²) >= 11 is 0. The average Bonchev–Trinajstić information content (AvgIpc) is 2.39. The number of amides is 1. The maximum Gasteiger partial charge on any atom is 0.242 e. The highest BCUT2D eigenvalue weighted by Crippen LogP contribution is 2.21. The molecule has 0 aromatic carbocycles. The maximum absolute atomic E-state index is 12.5. The van der Waals surface area contributed by atoms with Crippen LogP contribution in [0.1, 0.15) is 26.7 Å². The highest BCUT2D eigenvalue weighted by molar-refractivity contribution is 5.86. The molecule has 2 heterocycles. The SMILES string of the molecule is CC(C)N1CCN(C(=O)C2(N)CCOCC2)CC1.Cl.Cl. The van der Waals surface area contributed by atoms with E-state index >= 15 is 0 Å². The van der Waals surface area contributed by atoms with Crippen molar-refractivity contribution in [2.24, 2.45) is 5.73 Å². The molecule has 0 atom stereocenters. The summed E-state index contributed by atoms with van der Waals surface area (Å²) in [6, 6.07) is 0.553. The molecule has 0 aromatic heterocycles. The van der Waals surface area contributed by atoms with Crippen molar-refractivity contribution in [2.75, 3.05) is 39.4 Å². The highest BCUT2D eigenvalue weighted by atomic mass is 35.5. The van der Waals surface area contributed by atoms with Gasteiger partial charge in [-0.3, -0.25) is 9.69 Å². The molecule has 0 aliphatic carbocycles. The van der Waals surface area contributed by atoms with Gasteiger partial charge in [0, 0.05) is 45.4 Å². The summed E-state index contributed by atoms with van der Waals surface area (Å²) in [5, 5.41) is 0. The van der Waals surface area contributed by atoms with E-state index in [0.29, 0.717) is 32.1 Å². The van der Waals surface area contributed by atoms with Crippen LogP contribution in [-0.2, 0) is 9.53 Å². The molecule has 2 N–H and O–H groups in total. The van der Waals surface area contributed by atoms with Gasteiger partial charge in [0.2, 0.25) is 5.91 Å². The number of carbonyl (C=O) groups excluding carboxylic acids is 1. The van der Waals surface area contributed by atoms with Crippen molar-refractivity contribution in [3.8, 4) is 0 Å². The van der Waals surface area contributed by atoms with Gasteiger partial charge in [0.05, 0.1) is 5.54 Å². The van der Waals surface area contributed by atoms with Gasteiger partial charge in [-0.25, -0.2) is 0 Å². The summed E-state index contributed by atoms with van der Waals surface area (Å²) in [6.07, 6.45) is 1.30. The quantitative estimate of drug-likeness (QED) is 0.818. The number of carbonyl (C=O) groups is 1. The van der Waals surface area contributed by atoms with Crippen LogP contribution >= 0.6 is 24.8 Å². The maximum atomic E-state index is 12.5. The lowest BCUT2D eigenvalue weighted by Crippen LogP contribution is -2.61. The summed E-state index contributed by atoms with van der Waals surface area (Å²) in [5.74, 6) is 0.120. The summed E-state index contributed by atoms with van der Waals surface area (Å²) in [4.78, 5) is 16.8. The van der Waals surface area contributed by atoms with Crippen molar-refractivity contribution in [1.29, 1.82) is 0 Å². The number of halogens is 2. The van der Waals surface area contributed by atoms with Crippen LogP contribution < -0.4 is 5.73 Å². The molecule has 2 aliphatic heterocycles. The van der Waals surface area contributed by atoms with Crippen molar-refractivity contribution in [3.63, 3.8) is 0 Å². The fraction of sp³-hybridized carbons (Fsp3) is 0.923. The summed E-state index contributed by atoms with van der Waals surface area (Å²) in [5.41, 5.74) is 5.56. The first-order valence-electron chi connectivity index (χ1n) is 6.93. The van der Waals surface area contributed by atoms with Crippen molar-refractivity contribution in [1.82, 2.24) is 9.80 Å². The van der Waals surface area contributed by atoms with Gasteiger partial charge in [-0.15, -0.1) is 24.8 Å². The first-order valence-corrected chi connectivity index (χ1v) is 6.93. The molecule has 0 aromatic rings. The third-order valence-corrected chi connectivity index (χ3v) is 4.14. The Morgan fingerprint density at radius 1 is 1.10 bits per heavy atom. The molecule has 2 saturated heterocycles. The minimum Gasteiger partial charge on any atom is -0.381 e. The van der Waals surface area contributed by atoms with Gasteiger partial charge in [-0.05, 0) is 26.7 Å². The van der Waals surface area contributed by atoms with E-state index in [1.54, 1.807) is 0 Å². The zero-order valence-corrected chi connectivity index (χ0v) is 14.0. The van der Waals surface area contributed by atoms with Crippen LogP contribution in [0.2, 0.25) is 0 Å². The highest BCUT2D eigenvalue weighted by Gasteiger charge is 2.39. The van der Waals surface area contributed by atoms with E-state index in [-0.39, 0.29) is 30.7 Å². The zero-order chi connectivity index (χ0) is 13.2. The minimum absolute atomic E-state index is 0. The first-order chi connectivity index (χ1) is 8.53. The molecule has 20 heavy (non-hydrogen) atoms. The lowest BCUT2D eigenvalue weighted by Gasteiger charge is -2.41. The van der Waals surface area contributed by atoms with Crippen LogP contribution in [-0.4, -0.2) is 66.7 Å². The predicted molar refractivity (Wildman–Crippen MR) is 84.8 cm³/mol. The molecule has 1 amide bonds. The molecule has 0 bridgehead atoms. The van der Waals surface area contributed by atoms with Gasteiger partial charge >= 0.3 is 0 Å². The van der Waals surface area contributed by atoms with Crippen molar-refractivity contribution < 1.29 is 9.53 Å². The summed E-state index contributed by atoms with van der Waals surface area (Å²) < 4.78 is 5.29. The van der Waals surface area contributed by atoms with E-state index in [9.17, 15) is 4.79 Å². The molecule has 2 rings (SSSR count). The lowest BCUT2D eigenvalue weighted by atomic mass is 9.89. The molecule has 2 fully saturated rings. The second-order valence-electron chi connectivity index (χ2n) is 5.69. The minimum atomic E-state index is -0.682. The Bertz CT molecular complexity index is 302. The van der Waals surface area contributed by atoms with Crippen LogP contribution in [0.25, 0.3) is 0 Å².